The second kappa shape index (κ2) is 8.31. The number of H-pyrrole nitrogens is 1. The number of halogens is 1. The maximum atomic E-state index is 12.4. The first-order valence-electron chi connectivity index (χ1n) is 9.07. The fraction of sp³-hybridized carbons (Fsp3) is 0.0435. The summed E-state index contributed by atoms with van der Waals surface area (Å²) in [5.74, 6) is -0.520. The van der Waals surface area contributed by atoms with Gasteiger partial charge in [-0.3, -0.25) is 9.59 Å². The maximum absolute atomic E-state index is 12.4. The summed E-state index contributed by atoms with van der Waals surface area (Å²) in [6, 6.07) is 19.8. The Kier molecular flexibility index (Phi) is 5.41. The number of fused-ring (bicyclic) bond motifs is 1. The smallest absolute Gasteiger partial charge is 0.338 e. The van der Waals surface area contributed by atoms with Crippen molar-refractivity contribution in [3.8, 4) is 0 Å². The number of rotatable bonds is 5. The molecule has 148 valence electrons. The van der Waals surface area contributed by atoms with E-state index in [2.05, 4.69) is 9.97 Å². The van der Waals surface area contributed by atoms with Crippen LogP contribution < -0.4 is 5.56 Å². The molecule has 0 unspecified atom stereocenters. The second-order valence-electron chi connectivity index (χ2n) is 6.52. The van der Waals surface area contributed by atoms with Crippen LogP contribution in [0.25, 0.3) is 10.9 Å². The first-order chi connectivity index (χ1) is 14.5. The summed E-state index contributed by atoms with van der Waals surface area (Å²) < 4.78 is 5.24. The van der Waals surface area contributed by atoms with Gasteiger partial charge < -0.3 is 9.72 Å². The second-order valence-corrected chi connectivity index (χ2v) is 6.96. The van der Waals surface area contributed by atoms with E-state index in [9.17, 15) is 14.4 Å². The van der Waals surface area contributed by atoms with Crippen LogP contribution in [0.4, 0.5) is 0 Å². The van der Waals surface area contributed by atoms with Crippen molar-refractivity contribution in [3.63, 3.8) is 0 Å². The van der Waals surface area contributed by atoms with E-state index in [0.29, 0.717) is 27.1 Å². The van der Waals surface area contributed by atoms with Gasteiger partial charge in [0.15, 0.2) is 5.78 Å². The fourth-order valence-electron chi connectivity index (χ4n) is 2.96. The molecular weight excluding hydrogens is 404 g/mol. The van der Waals surface area contributed by atoms with Crippen molar-refractivity contribution in [1.82, 2.24) is 9.97 Å². The van der Waals surface area contributed by atoms with Gasteiger partial charge in [-0.15, -0.1) is 0 Å². The molecule has 0 aliphatic heterocycles. The Bertz CT molecular complexity index is 1300. The molecule has 1 heterocycles. The van der Waals surface area contributed by atoms with Crippen molar-refractivity contribution in [2.45, 2.75) is 6.61 Å². The number of carbonyl (C=O) groups excluding carboxylic acids is 2. The highest BCUT2D eigenvalue weighted by molar-refractivity contribution is 6.31. The molecule has 7 heteroatoms. The van der Waals surface area contributed by atoms with Crippen LogP contribution in [0, 0.1) is 0 Å². The average molecular weight is 419 g/mol. The summed E-state index contributed by atoms with van der Waals surface area (Å²) in [5.41, 5.74) is 1.40. The third-order valence-corrected chi connectivity index (χ3v) is 4.71. The Morgan fingerprint density at radius 1 is 0.900 bits per heavy atom. The van der Waals surface area contributed by atoms with E-state index >= 15 is 0 Å². The van der Waals surface area contributed by atoms with Gasteiger partial charge in [-0.25, -0.2) is 9.78 Å². The van der Waals surface area contributed by atoms with E-state index in [1.54, 1.807) is 54.6 Å². The number of hydrogen-bond donors (Lipinski definition) is 1. The number of hydrogen-bond acceptors (Lipinski definition) is 5. The van der Waals surface area contributed by atoms with E-state index < -0.39 is 5.97 Å². The summed E-state index contributed by atoms with van der Waals surface area (Å²) in [6.07, 6.45) is 0. The highest BCUT2D eigenvalue weighted by atomic mass is 35.5. The predicted octanol–water partition coefficient (Wildman–Crippen LogP) is 4.16. The van der Waals surface area contributed by atoms with Gasteiger partial charge in [0.2, 0.25) is 0 Å². The molecule has 4 rings (SSSR count). The lowest BCUT2D eigenvalue weighted by Gasteiger charge is -2.07. The number of esters is 1. The zero-order valence-corrected chi connectivity index (χ0v) is 16.3. The minimum absolute atomic E-state index is 0.132. The zero-order valence-electron chi connectivity index (χ0n) is 15.6. The van der Waals surface area contributed by atoms with Crippen LogP contribution in [0.3, 0.4) is 0 Å². The average Bonchev–Trinajstić information content (AvgIpc) is 2.77. The molecule has 0 spiro atoms. The molecule has 0 saturated heterocycles. The molecule has 0 saturated carbocycles. The third kappa shape index (κ3) is 4.14. The Balaban J connectivity index is 1.46. The Labute approximate surface area is 176 Å². The van der Waals surface area contributed by atoms with Crippen molar-refractivity contribution in [1.29, 1.82) is 0 Å². The quantitative estimate of drug-likeness (QED) is 0.388. The van der Waals surface area contributed by atoms with Crippen LogP contribution in [-0.4, -0.2) is 21.7 Å². The van der Waals surface area contributed by atoms with Gasteiger partial charge in [0.05, 0.1) is 16.5 Å². The number of aromatic nitrogens is 2. The molecule has 0 aliphatic carbocycles. The number of nitrogens with zero attached hydrogens (tertiary/aromatic N) is 1. The number of benzene rings is 3. The maximum Gasteiger partial charge on any atom is 0.338 e. The van der Waals surface area contributed by atoms with Crippen LogP contribution in [0.15, 0.2) is 77.6 Å². The minimum Gasteiger partial charge on any atom is -0.454 e. The molecule has 0 amide bonds. The monoisotopic (exact) mass is 418 g/mol. The van der Waals surface area contributed by atoms with Gasteiger partial charge in [-0.2, -0.15) is 0 Å². The molecule has 4 aromatic rings. The van der Waals surface area contributed by atoms with Crippen molar-refractivity contribution in [3.05, 3.63) is 111 Å². The Hall–Kier alpha value is -3.77. The van der Waals surface area contributed by atoms with E-state index in [1.165, 1.54) is 12.1 Å². The Morgan fingerprint density at radius 3 is 2.30 bits per heavy atom. The van der Waals surface area contributed by atoms with Gasteiger partial charge in [-0.1, -0.05) is 54.1 Å². The van der Waals surface area contributed by atoms with Crippen LogP contribution >= 0.6 is 11.6 Å². The van der Waals surface area contributed by atoms with Crippen molar-refractivity contribution in [2.75, 3.05) is 0 Å². The molecule has 0 atom stereocenters. The lowest BCUT2D eigenvalue weighted by Crippen LogP contribution is -2.14. The minimum atomic E-state index is -0.595. The summed E-state index contributed by atoms with van der Waals surface area (Å²) >= 11 is 5.94. The lowest BCUT2D eigenvalue weighted by molar-refractivity contribution is 0.0462. The molecule has 3 aromatic carbocycles. The highest BCUT2D eigenvalue weighted by Crippen LogP contribution is 2.15. The number of nitrogens with one attached hydrogen (secondary N) is 1. The van der Waals surface area contributed by atoms with E-state index in [-0.39, 0.29) is 29.3 Å². The SMILES string of the molecule is O=C(OCc1nc2cc(Cl)ccc2c(=O)[nH]1)c1ccc(C(=O)c2ccccc2)cc1. The molecule has 0 bridgehead atoms. The van der Waals surface area contributed by atoms with Crippen LogP contribution in [0.2, 0.25) is 5.02 Å². The van der Waals surface area contributed by atoms with Gasteiger partial charge in [0, 0.05) is 16.1 Å². The number of aromatic amines is 1. The summed E-state index contributed by atoms with van der Waals surface area (Å²) in [7, 11) is 0. The van der Waals surface area contributed by atoms with E-state index in [1.807, 2.05) is 6.07 Å². The van der Waals surface area contributed by atoms with Crippen LogP contribution in [0.1, 0.15) is 32.1 Å². The molecule has 1 aromatic heterocycles. The number of ether oxygens (including phenoxy) is 1. The van der Waals surface area contributed by atoms with Crippen molar-refractivity contribution in [2.24, 2.45) is 0 Å². The number of carbonyl (C=O) groups is 2. The highest BCUT2D eigenvalue weighted by Gasteiger charge is 2.13. The molecule has 6 nitrogen and oxygen atoms in total. The fourth-order valence-corrected chi connectivity index (χ4v) is 3.13. The molecule has 0 fully saturated rings. The van der Waals surface area contributed by atoms with Crippen molar-refractivity contribution >= 4 is 34.3 Å². The van der Waals surface area contributed by atoms with Gasteiger partial charge in [0.25, 0.3) is 5.56 Å². The largest absolute Gasteiger partial charge is 0.454 e. The molecular formula is C23H15ClN2O4. The van der Waals surface area contributed by atoms with E-state index in [0.717, 1.165) is 0 Å². The van der Waals surface area contributed by atoms with Gasteiger partial charge in [-0.05, 0) is 30.3 Å². The first-order valence-corrected chi connectivity index (χ1v) is 9.44. The van der Waals surface area contributed by atoms with Crippen LogP contribution in [-0.2, 0) is 11.3 Å². The lowest BCUT2D eigenvalue weighted by atomic mass is 10.0. The predicted molar refractivity (Wildman–Crippen MR) is 113 cm³/mol. The molecule has 30 heavy (non-hydrogen) atoms. The van der Waals surface area contributed by atoms with E-state index in [4.69, 9.17) is 16.3 Å². The molecule has 1 N–H and O–H groups in total. The normalized spacial score (nSPS) is 10.7. The summed E-state index contributed by atoms with van der Waals surface area (Å²) in [4.78, 5) is 43.7. The topological polar surface area (TPSA) is 89.1 Å². The van der Waals surface area contributed by atoms with Gasteiger partial charge >= 0.3 is 5.97 Å². The van der Waals surface area contributed by atoms with Gasteiger partial charge in [0.1, 0.15) is 12.4 Å². The zero-order chi connectivity index (χ0) is 21.1. The van der Waals surface area contributed by atoms with Crippen molar-refractivity contribution < 1.29 is 14.3 Å². The third-order valence-electron chi connectivity index (χ3n) is 4.48. The number of ketones is 1. The summed E-state index contributed by atoms with van der Waals surface area (Å²) in [6.45, 7) is -0.207. The molecule has 0 aliphatic rings. The van der Waals surface area contributed by atoms with Crippen LogP contribution in [0.5, 0.6) is 0 Å². The standard InChI is InChI=1S/C23H15ClN2O4/c24-17-10-11-18-19(12-17)25-20(26-22(18)28)13-30-23(29)16-8-6-15(7-9-16)21(27)14-4-2-1-3-5-14/h1-12H,13H2,(H,25,26,28). The molecule has 0 radical (unpaired) electrons. The summed E-state index contributed by atoms with van der Waals surface area (Å²) in [5, 5.41) is 0.849. The first kappa shape index (κ1) is 19.5. The Morgan fingerprint density at radius 2 is 1.57 bits per heavy atom.